The molecule has 8 heteroatoms. The van der Waals surface area contributed by atoms with Gasteiger partial charge in [0, 0.05) is 51.9 Å². The molecule has 0 bridgehead atoms. The van der Waals surface area contributed by atoms with Crippen LogP contribution in [0.5, 0.6) is 0 Å². The number of rotatable bonds is 4. The van der Waals surface area contributed by atoms with Crippen LogP contribution in [0.3, 0.4) is 0 Å². The third kappa shape index (κ3) is 3.01. The average molecular weight is 347 g/mol. The fourth-order valence-corrected chi connectivity index (χ4v) is 3.55. The highest BCUT2D eigenvalue weighted by Crippen LogP contribution is 2.30. The van der Waals surface area contributed by atoms with Gasteiger partial charge in [-0.15, -0.1) is 0 Å². The maximum atomic E-state index is 12.8. The molecule has 2 fully saturated rings. The number of carbonyl (C=O) groups is 3. The monoisotopic (exact) mass is 347 g/mol. The van der Waals surface area contributed by atoms with Crippen LogP contribution in [0.15, 0.2) is 12.4 Å². The highest BCUT2D eigenvalue weighted by molar-refractivity contribution is 5.90. The molecule has 8 nitrogen and oxygen atoms in total. The molecule has 1 unspecified atom stereocenters. The molecule has 1 atom stereocenters. The van der Waals surface area contributed by atoms with E-state index < -0.39 is 5.41 Å². The maximum Gasteiger partial charge on any atom is 0.232 e. The first-order valence-corrected chi connectivity index (χ1v) is 8.53. The Morgan fingerprint density at radius 1 is 1.28 bits per heavy atom. The SMILES string of the molecule is CNC(=O)C1CC(=O)N(C2CN(C(=O)C(C)(C)c3cnn(C)c3)C2)C1. The van der Waals surface area contributed by atoms with Crippen LogP contribution in [0.2, 0.25) is 0 Å². The summed E-state index contributed by atoms with van der Waals surface area (Å²) < 4.78 is 1.69. The fourth-order valence-electron chi connectivity index (χ4n) is 3.55. The summed E-state index contributed by atoms with van der Waals surface area (Å²) in [6.45, 7) is 5.27. The molecule has 2 aliphatic rings. The zero-order chi connectivity index (χ0) is 18.4. The first-order valence-electron chi connectivity index (χ1n) is 8.53. The van der Waals surface area contributed by atoms with Crippen LogP contribution in [-0.4, -0.2) is 70.0 Å². The summed E-state index contributed by atoms with van der Waals surface area (Å²) in [4.78, 5) is 40.3. The largest absolute Gasteiger partial charge is 0.359 e. The van der Waals surface area contributed by atoms with Crippen molar-refractivity contribution in [1.29, 1.82) is 0 Å². The molecule has 3 heterocycles. The van der Waals surface area contributed by atoms with Gasteiger partial charge in [-0.1, -0.05) is 0 Å². The molecule has 0 aromatic carbocycles. The molecule has 0 aliphatic carbocycles. The Balaban J connectivity index is 1.60. The van der Waals surface area contributed by atoms with Crippen molar-refractivity contribution < 1.29 is 14.4 Å². The van der Waals surface area contributed by atoms with Gasteiger partial charge in [-0.2, -0.15) is 5.10 Å². The van der Waals surface area contributed by atoms with Gasteiger partial charge in [0.2, 0.25) is 17.7 Å². The van der Waals surface area contributed by atoms with Crippen molar-refractivity contribution in [1.82, 2.24) is 24.9 Å². The summed E-state index contributed by atoms with van der Waals surface area (Å²) in [5.74, 6) is -0.349. The van der Waals surface area contributed by atoms with E-state index >= 15 is 0 Å². The van der Waals surface area contributed by atoms with Crippen LogP contribution in [0.1, 0.15) is 25.8 Å². The Morgan fingerprint density at radius 3 is 2.52 bits per heavy atom. The topological polar surface area (TPSA) is 87.5 Å². The molecular weight excluding hydrogens is 322 g/mol. The quantitative estimate of drug-likeness (QED) is 0.796. The van der Waals surface area contributed by atoms with E-state index in [0.717, 1.165) is 5.56 Å². The molecule has 1 N–H and O–H groups in total. The number of nitrogens with zero attached hydrogens (tertiary/aromatic N) is 4. The zero-order valence-corrected chi connectivity index (χ0v) is 15.2. The van der Waals surface area contributed by atoms with Gasteiger partial charge in [0.25, 0.3) is 0 Å². The van der Waals surface area contributed by atoms with Gasteiger partial charge in [0.1, 0.15) is 0 Å². The van der Waals surface area contributed by atoms with Gasteiger partial charge in [-0.3, -0.25) is 19.1 Å². The van der Waals surface area contributed by atoms with Gasteiger partial charge in [-0.25, -0.2) is 0 Å². The van der Waals surface area contributed by atoms with E-state index in [4.69, 9.17) is 0 Å². The minimum absolute atomic E-state index is 0.00258. The standard InChI is InChI=1S/C17H25N5O3/c1-17(2,12-6-19-20(4)8-12)16(25)21-9-13(10-21)22-7-11(5-14(22)23)15(24)18-3/h6,8,11,13H,5,7,9-10H2,1-4H3,(H,18,24). The van der Waals surface area contributed by atoms with Gasteiger partial charge in [0.05, 0.1) is 23.6 Å². The van der Waals surface area contributed by atoms with Gasteiger partial charge in [0.15, 0.2) is 0 Å². The van der Waals surface area contributed by atoms with Crippen molar-refractivity contribution in [3.63, 3.8) is 0 Å². The van der Waals surface area contributed by atoms with Crippen LogP contribution >= 0.6 is 0 Å². The number of carbonyl (C=O) groups excluding carboxylic acids is 3. The average Bonchev–Trinajstić information content (AvgIpc) is 3.12. The summed E-state index contributed by atoms with van der Waals surface area (Å²) >= 11 is 0. The second kappa shape index (κ2) is 6.16. The van der Waals surface area contributed by atoms with Crippen molar-refractivity contribution in [2.75, 3.05) is 26.7 Å². The number of likely N-dealkylation sites (tertiary alicyclic amines) is 2. The molecule has 0 radical (unpaired) electrons. The fraction of sp³-hybridized carbons (Fsp3) is 0.647. The van der Waals surface area contributed by atoms with E-state index in [9.17, 15) is 14.4 Å². The molecule has 0 spiro atoms. The molecule has 3 rings (SSSR count). The van der Waals surface area contributed by atoms with Crippen molar-refractivity contribution in [3.8, 4) is 0 Å². The predicted octanol–water partition coefficient (Wildman–Crippen LogP) is -0.497. The highest BCUT2D eigenvalue weighted by atomic mass is 16.2. The summed E-state index contributed by atoms with van der Waals surface area (Å²) in [6.07, 6.45) is 3.82. The van der Waals surface area contributed by atoms with Gasteiger partial charge >= 0.3 is 0 Å². The van der Waals surface area contributed by atoms with E-state index in [0.29, 0.717) is 19.6 Å². The first kappa shape index (κ1) is 17.4. The maximum absolute atomic E-state index is 12.8. The normalized spacial score (nSPS) is 21.4. The Labute approximate surface area is 147 Å². The Morgan fingerprint density at radius 2 is 1.96 bits per heavy atom. The van der Waals surface area contributed by atoms with E-state index in [1.807, 2.05) is 27.1 Å². The second-order valence-corrected chi connectivity index (χ2v) is 7.45. The number of nitrogens with one attached hydrogen (secondary N) is 1. The number of hydrogen-bond acceptors (Lipinski definition) is 4. The molecule has 3 amide bonds. The Bertz CT molecular complexity index is 705. The van der Waals surface area contributed by atoms with Gasteiger partial charge < -0.3 is 15.1 Å². The third-order valence-electron chi connectivity index (χ3n) is 5.33. The molecule has 1 aromatic heterocycles. The first-order chi connectivity index (χ1) is 11.7. The Hall–Kier alpha value is -2.38. The summed E-state index contributed by atoms with van der Waals surface area (Å²) in [6, 6.07) is 0.0100. The van der Waals surface area contributed by atoms with E-state index in [-0.39, 0.29) is 36.1 Å². The van der Waals surface area contributed by atoms with Crippen molar-refractivity contribution in [2.45, 2.75) is 31.7 Å². The third-order valence-corrected chi connectivity index (χ3v) is 5.33. The lowest BCUT2D eigenvalue weighted by Crippen LogP contribution is -2.64. The lowest BCUT2D eigenvalue weighted by Gasteiger charge is -2.46. The number of aromatic nitrogens is 2. The van der Waals surface area contributed by atoms with Crippen LogP contribution in [-0.2, 0) is 26.8 Å². The van der Waals surface area contributed by atoms with Gasteiger partial charge in [-0.05, 0) is 13.8 Å². The van der Waals surface area contributed by atoms with Crippen molar-refractivity contribution >= 4 is 17.7 Å². The molecule has 0 saturated carbocycles. The number of aryl methyl sites for hydroxylation is 1. The molecule has 1 aromatic rings. The van der Waals surface area contributed by atoms with E-state index in [1.165, 1.54) is 0 Å². The van der Waals surface area contributed by atoms with E-state index in [1.54, 1.807) is 27.7 Å². The highest BCUT2D eigenvalue weighted by Gasteiger charge is 2.46. The smallest absolute Gasteiger partial charge is 0.232 e. The Kier molecular flexibility index (Phi) is 4.30. The summed E-state index contributed by atoms with van der Waals surface area (Å²) in [7, 11) is 3.41. The lowest BCUT2D eigenvalue weighted by molar-refractivity contribution is -0.148. The van der Waals surface area contributed by atoms with Crippen LogP contribution in [0.25, 0.3) is 0 Å². The van der Waals surface area contributed by atoms with Crippen LogP contribution < -0.4 is 5.32 Å². The lowest BCUT2D eigenvalue weighted by atomic mass is 9.84. The minimum Gasteiger partial charge on any atom is -0.359 e. The van der Waals surface area contributed by atoms with Crippen molar-refractivity contribution in [2.24, 2.45) is 13.0 Å². The molecular formula is C17H25N5O3. The zero-order valence-electron chi connectivity index (χ0n) is 15.2. The van der Waals surface area contributed by atoms with Crippen LogP contribution in [0.4, 0.5) is 0 Å². The predicted molar refractivity (Wildman–Crippen MR) is 90.5 cm³/mol. The number of hydrogen-bond donors (Lipinski definition) is 1. The summed E-state index contributed by atoms with van der Waals surface area (Å²) in [5, 5.41) is 6.74. The molecule has 25 heavy (non-hydrogen) atoms. The number of amides is 3. The van der Waals surface area contributed by atoms with Crippen molar-refractivity contribution in [3.05, 3.63) is 18.0 Å². The second-order valence-electron chi connectivity index (χ2n) is 7.45. The minimum atomic E-state index is -0.654. The van der Waals surface area contributed by atoms with Crippen LogP contribution in [0, 0.1) is 5.92 Å². The summed E-state index contributed by atoms with van der Waals surface area (Å²) in [5.41, 5.74) is 0.221. The molecule has 2 aliphatic heterocycles. The molecule has 2 saturated heterocycles. The van der Waals surface area contributed by atoms with E-state index in [2.05, 4.69) is 10.4 Å². The molecule has 136 valence electrons.